The Balaban J connectivity index is 0.000000149. The standard InChI is InChI=1S/C24H27F2N3O2.C24H27N3O3.C17H19BrN2O3.C15H21BO4.C10H13ClN2O3/c1-14-10-18(11-15(2)27-14)22-20-8-9-31-16(3)13-29(20)23(28-22)17-6-7-19(24(4,25)26)21(12-17)30-5;1-14-10-19(11-15(2)25-14)23-21-8-9-30-16(3)13-27(21)24(26-23)18-6-7-20(17(4)28)22(12-18)29-5;1-10-9-20-14(6-7-23-10)16(18)19-17(20)12-4-5-13(11(2)21)15(8-12)22-3;1-10(17)12-8-7-11(9-13(12)18-6)16-19-14(2,3)15(4,5)20-16;1-6-5-13-7(3-4-16-6)8(9(14)15-2)12-10(13)11/h6-7,10-12,16H,8-9,13H2,1-5H3;6-7,10-12,16H,8-9,13H2,1-5H3;4-5,8,10H,6-7,9H2,1-3H3;7-9H,1-6H3;6H,3-5H2,1-2H3/t2*16-;10-;;6-/m111.1/s1. The summed E-state index contributed by atoms with van der Waals surface area (Å²) in [6, 6.07) is 29.6. The van der Waals surface area contributed by atoms with E-state index in [0.29, 0.717) is 90.9 Å². The van der Waals surface area contributed by atoms with Crippen molar-refractivity contribution in [2.75, 3.05) is 62.0 Å². The Labute approximate surface area is 713 Å². The Morgan fingerprint density at radius 1 is 0.467 bits per heavy atom. The number of ketones is 3. The van der Waals surface area contributed by atoms with Crippen LogP contribution in [0.25, 0.3) is 56.7 Å². The first-order valence-electron chi connectivity index (χ1n) is 40.0. The average molecular weight is 1730 g/mol. The van der Waals surface area contributed by atoms with Gasteiger partial charge < -0.3 is 70.2 Å². The van der Waals surface area contributed by atoms with Crippen LogP contribution in [0.2, 0.25) is 5.28 Å². The molecule has 5 aliphatic rings. The zero-order valence-corrected chi connectivity index (χ0v) is 74.6. The first-order valence-corrected chi connectivity index (χ1v) is 41.2. The van der Waals surface area contributed by atoms with E-state index in [1.165, 1.54) is 34.1 Å². The smallest absolute Gasteiger partial charge is 0.494 e. The first-order chi connectivity index (χ1) is 56.8. The van der Waals surface area contributed by atoms with Crippen LogP contribution >= 0.6 is 27.5 Å². The van der Waals surface area contributed by atoms with Crippen molar-refractivity contribution in [3.63, 3.8) is 0 Å². The van der Waals surface area contributed by atoms with E-state index in [1.807, 2.05) is 122 Å². The fraction of sp³-hybridized carbons (Fsp3) is 0.444. The van der Waals surface area contributed by atoms with Crippen LogP contribution in [0.1, 0.15) is 176 Å². The van der Waals surface area contributed by atoms with Gasteiger partial charge in [0.1, 0.15) is 45.1 Å². The van der Waals surface area contributed by atoms with E-state index in [0.717, 1.165) is 152 Å². The number of alkyl halides is 2. The number of Topliss-reactive ketones (excluding diaryl/α,β-unsaturated/α-hetero) is 3. The van der Waals surface area contributed by atoms with E-state index >= 15 is 0 Å². The number of pyridine rings is 2. The maximum Gasteiger partial charge on any atom is 0.494 e. The predicted molar refractivity (Wildman–Crippen MR) is 459 cm³/mol. The number of hydrogen-bond acceptors (Lipinski definition) is 21. The van der Waals surface area contributed by atoms with Crippen LogP contribution in [-0.2, 0) is 90.8 Å². The largest absolute Gasteiger partial charge is 0.496 e. The highest BCUT2D eigenvalue weighted by atomic mass is 79.9. The lowest BCUT2D eigenvalue weighted by Crippen LogP contribution is -2.41. The summed E-state index contributed by atoms with van der Waals surface area (Å²) < 4.78 is 98.4. The Hall–Kier alpha value is -9.85. The number of fused-ring (bicyclic) bond motifs is 4. The second-order valence-corrected chi connectivity index (χ2v) is 32.7. The lowest BCUT2D eigenvalue weighted by molar-refractivity contribution is 0.00578. The number of methoxy groups -OCH3 is 5. The molecule has 0 N–H and O–H groups in total. The molecule has 4 aromatic carbocycles. The molecule has 0 saturated carbocycles. The van der Waals surface area contributed by atoms with Crippen molar-refractivity contribution in [2.24, 2.45) is 0 Å². The number of aromatic nitrogens is 10. The third kappa shape index (κ3) is 20.7. The average Bonchev–Trinajstić information content (AvgIpc) is 1.64. The summed E-state index contributed by atoms with van der Waals surface area (Å²) >= 11 is 9.55. The van der Waals surface area contributed by atoms with E-state index in [2.05, 4.69) is 80.3 Å². The second-order valence-electron chi connectivity index (χ2n) is 31.6. The van der Waals surface area contributed by atoms with Crippen LogP contribution in [0.5, 0.6) is 23.0 Å². The predicted octanol–water partition coefficient (Wildman–Crippen LogP) is 16.7. The van der Waals surface area contributed by atoms with Gasteiger partial charge >= 0.3 is 13.1 Å². The SMILES string of the molecule is COC(=O)c1nc(Cl)n2c1CCO[C@H](C)C2.COc1cc(-c2nc(-c3cc(C)nc(C)c3)c3n2C[C@@H](C)OCC3)ccc1C(C)(F)F.COc1cc(-c2nc(-c3cc(C)nc(C)c3)c3n2C[C@@H](C)OCC3)ccc1C(C)=O.COc1cc(-c2nc(Br)c3n2C[C@@H](C)OCC3)ccc1C(C)=O.COc1cc(B2OC(C)(C)C(C)(C)O2)ccc1C(C)=O. The molecule has 25 nitrogen and oxygen atoms in total. The molecule has 15 rings (SSSR count). The monoisotopic (exact) mass is 1730 g/mol. The lowest BCUT2D eigenvalue weighted by Gasteiger charge is -2.32. The van der Waals surface area contributed by atoms with Gasteiger partial charge in [0, 0.05) is 94.6 Å². The highest BCUT2D eigenvalue weighted by Gasteiger charge is 2.52. The molecule has 11 heterocycles. The number of ether oxygens (including phenoxy) is 9. The molecule has 0 aliphatic carbocycles. The van der Waals surface area contributed by atoms with Crippen molar-refractivity contribution >= 4 is 63.4 Å². The van der Waals surface area contributed by atoms with Gasteiger partial charge in [0.25, 0.3) is 5.92 Å². The van der Waals surface area contributed by atoms with Crippen molar-refractivity contribution in [3.8, 4) is 79.7 Å². The highest BCUT2D eigenvalue weighted by molar-refractivity contribution is 9.10. The summed E-state index contributed by atoms with van der Waals surface area (Å²) in [5, 5.41) is 0.313. The number of carbonyl (C=O) groups excluding carboxylic acids is 4. The van der Waals surface area contributed by atoms with Gasteiger partial charge in [-0.25, -0.2) is 33.5 Å². The summed E-state index contributed by atoms with van der Waals surface area (Å²) in [7, 11) is 7.00. The third-order valence-electron chi connectivity index (χ3n) is 21.7. The molecule has 10 aromatic rings. The van der Waals surface area contributed by atoms with E-state index in [1.54, 1.807) is 58.6 Å². The summed E-state index contributed by atoms with van der Waals surface area (Å²) in [4.78, 5) is 74.4. The molecule has 0 amide bonds. The third-order valence-corrected chi connectivity index (χ3v) is 22.7. The zero-order valence-electron chi connectivity index (χ0n) is 72.2. The molecule has 0 spiro atoms. The van der Waals surface area contributed by atoms with E-state index < -0.39 is 19.0 Å². The van der Waals surface area contributed by atoms with Crippen molar-refractivity contribution in [1.29, 1.82) is 0 Å². The maximum absolute atomic E-state index is 14.0. The topological polar surface area (TPSA) is 267 Å². The molecular formula is C90H107BBrClF2N10O15. The Kier molecular flexibility index (Phi) is 29.2. The van der Waals surface area contributed by atoms with Gasteiger partial charge in [0.05, 0.1) is 169 Å². The van der Waals surface area contributed by atoms with Crippen LogP contribution in [0, 0.1) is 27.7 Å². The number of aryl methyl sites for hydroxylation is 4. The number of benzene rings is 4. The van der Waals surface area contributed by atoms with Crippen LogP contribution in [0.4, 0.5) is 8.78 Å². The number of rotatable bonds is 15. The van der Waals surface area contributed by atoms with E-state index in [-0.39, 0.29) is 64.3 Å². The fourth-order valence-corrected chi connectivity index (χ4v) is 16.0. The van der Waals surface area contributed by atoms with Crippen molar-refractivity contribution in [3.05, 3.63) is 180 Å². The van der Waals surface area contributed by atoms with Gasteiger partial charge in [0.15, 0.2) is 23.0 Å². The summed E-state index contributed by atoms with van der Waals surface area (Å²) in [6.45, 7) is 34.8. The van der Waals surface area contributed by atoms with Crippen LogP contribution in [0.3, 0.4) is 0 Å². The molecule has 120 heavy (non-hydrogen) atoms. The van der Waals surface area contributed by atoms with Gasteiger partial charge in [-0.05, 0) is 210 Å². The molecule has 638 valence electrons. The minimum Gasteiger partial charge on any atom is -0.496 e. The molecular weight excluding hydrogens is 1630 g/mol. The molecule has 30 heteroatoms. The number of hydrogen-bond donors (Lipinski definition) is 0. The Bertz CT molecular complexity index is 5390. The highest BCUT2D eigenvalue weighted by Crippen LogP contribution is 2.42. The molecule has 1 fully saturated rings. The fourth-order valence-electron chi connectivity index (χ4n) is 15.2. The number of nitrogens with zero attached hydrogens (tertiary/aromatic N) is 10. The maximum atomic E-state index is 14.0. The molecule has 6 aromatic heterocycles. The van der Waals surface area contributed by atoms with Gasteiger partial charge in [-0.3, -0.25) is 24.4 Å². The van der Waals surface area contributed by atoms with E-state index in [9.17, 15) is 28.0 Å². The first kappa shape index (κ1) is 90.9. The van der Waals surface area contributed by atoms with Crippen LogP contribution in [0.15, 0.2) is 102 Å². The Morgan fingerprint density at radius 3 is 1.21 bits per heavy atom. The number of carbonyl (C=O) groups is 4. The van der Waals surface area contributed by atoms with Crippen molar-refractivity contribution in [1.82, 2.24) is 48.2 Å². The van der Waals surface area contributed by atoms with Gasteiger partial charge in [-0.2, -0.15) is 0 Å². The summed E-state index contributed by atoms with van der Waals surface area (Å²) in [5.41, 5.74) is 16.4. The molecule has 4 atom stereocenters. The molecule has 0 bridgehead atoms. The minimum atomic E-state index is -2.99. The van der Waals surface area contributed by atoms with Crippen LogP contribution < -0.4 is 24.4 Å². The normalized spacial score (nSPS) is 17.7. The van der Waals surface area contributed by atoms with Crippen LogP contribution in [-0.4, -0.2) is 176 Å². The lowest BCUT2D eigenvalue weighted by atomic mass is 9.78. The Morgan fingerprint density at radius 2 is 0.817 bits per heavy atom. The van der Waals surface area contributed by atoms with Gasteiger partial charge in [0.2, 0.25) is 5.28 Å². The second kappa shape index (κ2) is 38.5. The van der Waals surface area contributed by atoms with E-state index in [4.69, 9.17) is 68.8 Å². The molecule has 1 saturated heterocycles. The number of esters is 1. The summed E-state index contributed by atoms with van der Waals surface area (Å²) in [6.07, 6.45) is 3.25. The zero-order chi connectivity index (χ0) is 87.1. The molecule has 0 radical (unpaired) electrons. The van der Waals surface area contributed by atoms with Gasteiger partial charge in [-0.15, -0.1) is 0 Å². The molecule has 5 aliphatic heterocycles. The molecule has 0 unspecified atom stereocenters. The number of imidazole rings is 4. The quantitative estimate of drug-likeness (QED) is 0.0524. The van der Waals surface area contributed by atoms with Crippen molar-refractivity contribution in [2.45, 2.75) is 204 Å². The van der Waals surface area contributed by atoms with Gasteiger partial charge in [-0.1, -0.05) is 24.3 Å². The van der Waals surface area contributed by atoms with Crippen molar-refractivity contribution < 1.29 is 79.9 Å². The summed E-state index contributed by atoms with van der Waals surface area (Å²) in [5.74, 6) is 0.759. The number of halogens is 4. The minimum absolute atomic E-state index is 0.0152.